The Labute approximate surface area is 162 Å². The van der Waals surface area contributed by atoms with Crippen molar-refractivity contribution in [3.63, 3.8) is 0 Å². The van der Waals surface area contributed by atoms with E-state index in [0.717, 1.165) is 40.0 Å². The largest absolute Gasteiger partial charge is 0.492 e. The average Bonchev–Trinajstić information content (AvgIpc) is 2.83. The van der Waals surface area contributed by atoms with Gasteiger partial charge in [0.15, 0.2) is 0 Å². The summed E-state index contributed by atoms with van der Waals surface area (Å²) in [4.78, 5) is 12.2. The van der Waals surface area contributed by atoms with Gasteiger partial charge in [0.05, 0.1) is 5.52 Å². The van der Waals surface area contributed by atoms with E-state index in [1.165, 1.54) is 12.1 Å². The number of nitrogens with zero attached hydrogens (tertiary/aromatic N) is 1. The molecule has 2 heterocycles. The van der Waals surface area contributed by atoms with Gasteiger partial charge >= 0.3 is 6.03 Å². The normalized spacial score (nSPS) is 13.5. The van der Waals surface area contributed by atoms with Crippen molar-refractivity contribution in [3.8, 4) is 5.75 Å². The lowest BCUT2D eigenvalue weighted by molar-refractivity contribution is 0.252. The van der Waals surface area contributed by atoms with E-state index in [2.05, 4.69) is 16.0 Å². The fourth-order valence-corrected chi connectivity index (χ4v) is 3.52. The van der Waals surface area contributed by atoms with Crippen LogP contribution in [0.2, 0.25) is 0 Å². The Balaban J connectivity index is 1.35. The molecule has 3 N–H and O–H groups in total. The van der Waals surface area contributed by atoms with Gasteiger partial charge in [0.25, 0.3) is 0 Å². The third-order valence-electron chi connectivity index (χ3n) is 4.89. The Hall–Kier alpha value is -3.06. The van der Waals surface area contributed by atoms with Crippen LogP contribution in [0.3, 0.4) is 0 Å². The summed E-state index contributed by atoms with van der Waals surface area (Å²) in [6.45, 7) is 2.64. The smallest absolute Gasteiger partial charge is 0.319 e. The molecule has 0 unspecified atom stereocenters. The summed E-state index contributed by atoms with van der Waals surface area (Å²) in [5, 5.41) is 10.0. The van der Waals surface area contributed by atoms with Crippen molar-refractivity contribution in [1.82, 2.24) is 15.2 Å². The minimum atomic E-state index is -0.256. The number of nitrogens with one attached hydrogen (secondary N) is 3. The maximum absolute atomic E-state index is 13.4. The second kappa shape index (κ2) is 7.90. The molecular formula is C21H23FN4O2. The maximum Gasteiger partial charge on any atom is 0.319 e. The molecule has 6 nitrogen and oxygen atoms in total. The van der Waals surface area contributed by atoms with E-state index in [1.54, 1.807) is 6.07 Å². The van der Waals surface area contributed by atoms with Crippen LogP contribution in [0.1, 0.15) is 11.1 Å². The molecule has 0 fully saturated rings. The van der Waals surface area contributed by atoms with Gasteiger partial charge in [-0.25, -0.2) is 9.18 Å². The van der Waals surface area contributed by atoms with Gasteiger partial charge in [0, 0.05) is 49.5 Å². The molecule has 0 bridgehead atoms. The van der Waals surface area contributed by atoms with Crippen molar-refractivity contribution in [3.05, 3.63) is 59.5 Å². The summed E-state index contributed by atoms with van der Waals surface area (Å²) in [5.41, 5.74) is 3.67. The number of urea groups is 1. The Morgan fingerprint density at radius 3 is 3.07 bits per heavy atom. The molecule has 2 amide bonds. The van der Waals surface area contributed by atoms with Crippen molar-refractivity contribution < 1.29 is 13.9 Å². The van der Waals surface area contributed by atoms with Crippen LogP contribution < -0.4 is 20.7 Å². The molecule has 28 heavy (non-hydrogen) atoms. The molecule has 0 spiro atoms. The van der Waals surface area contributed by atoms with Crippen molar-refractivity contribution in [2.24, 2.45) is 7.05 Å². The lowest BCUT2D eigenvalue weighted by Gasteiger charge is -2.11. The number of benzene rings is 2. The van der Waals surface area contributed by atoms with E-state index in [1.807, 2.05) is 36.0 Å². The molecule has 0 radical (unpaired) electrons. The van der Waals surface area contributed by atoms with Gasteiger partial charge in [-0.2, -0.15) is 0 Å². The van der Waals surface area contributed by atoms with Crippen LogP contribution in [0, 0.1) is 5.82 Å². The number of amides is 2. The first kappa shape index (κ1) is 18.3. The zero-order valence-corrected chi connectivity index (χ0v) is 15.7. The van der Waals surface area contributed by atoms with Gasteiger partial charge in [-0.05, 0) is 48.4 Å². The number of rotatable bonds is 4. The lowest BCUT2D eigenvalue weighted by Crippen LogP contribution is -2.30. The molecule has 1 aliphatic heterocycles. The molecule has 1 aliphatic rings. The molecule has 146 valence electrons. The standard InChI is InChI=1S/C21H23FN4O2/c1-26-13-14(18-4-2-16(22)11-19(18)26)6-7-24-21(27)25-17-3-5-20-15(10-17)12-23-8-9-28-20/h2-5,10-11,13,23H,6-9,12H2,1H3,(H2,24,25,27). The van der Waals surface area contributed by atoms with Crippen LogP contribution in [0.15, 0.2) is 42.6 Å². The number of carbonyl (C=O) groups excluding carboxylic acids is 1. The highest BCUT2D eigenvalue weighted by atomic mass is 19.1. The van der Waals surface area contributed by atoms with Crippen molar-refractivity contribution in [2.45, 2.75) is 13.0 Å². The molecule has 0 saturated carbocycles. The first-order valence-corrected chi connectivity index (χ1v) is 9.35. The van der Waals surface area contributed by atoms with Gasteiger partial charge in [0.2, 0.25) is 0 Å². The molecule has 2 aromatic carbocycles. The van der Waals surface area contributed by atoms with E-state index >= 15 is 0 Å². The Kier molecular flexibility index (Phi) is 5.16. The van der Waals surface area contributed by atoms with Crippen LogP contribution in [-0.4, -0.2) is 30.3 Å². The first-order valence-electron chi connectivity index (χ1n) is 9.35. The molecule has 0 atom stereocenters. The minimum Gasteiger partial charge on any atom is -0.492 e. The van der Waals surface area contributed by atoms with E-state index < -0.39 is 0 Å². The highest BCUT2D eigenvalue weighted by Gasteiger charge is 2.11. The van der Waals surface area contributed by atoms with Crippen LogP contribution in [-0.2, 0) is 20.0 Å². The fourth-order valence-electron chi connectivity index (χ4n) is 3.52. The van der Waals surface area contributed by atoms with Gasteiger partial charge in [-0.15, -0.1) is 0 Å². The van der Waals surface area contributed by atoms with Gasteiger partial charge in [0.1, 0.15) is 18.2 Å². The Bertz CT molecular complexity index is 1020. The van der Waals surface area contributed by atoms with Crippen LogP contribution in [0.4, 0.5) is 14.9 Å². The summed E-state index contributed by atoms with van der Waals surface area (Å²) >= 11 is 0. The molecule has 7 heteroatoms. The first-order chi connectivity index (χ1) is 13.6. The maximum atomic E-state index is 13.4. The number of hydrogen-bond donors (Lipinski definition) is 3. The molecule has 4 rings (SSSR count). The van der Waals surface area contributed by atoms with E-state index in [4.69, 9.17) is 4.74 Å². The molecule has 0 saturated heterocycles. The number of anilines is 1. The van der Waals surface area contributed by atoms with Crippen molar-refractivity contribution in [1.29, 1.82) is 0 Å². The zero-order valence-electron chi connectivity index (χ0n) is 15.7. The average molecular weight is 382 g/mol. The number of halogens is 1. The predicted molar refractivity (Wildman–Crippen MR) is 107 cm³/mol. The predicted octanol–water partition coefficient (Wildman–Crippen LogP) is 3.16. The highest BCUT2D eigenvalue weighted by molar-refractivity contribution is 5.89. The van der Waals surface area contributed by atoms with Crippen LogP contribution in [0.25, 0.3) is 10.9 Å². The van der Waals surface area contributed by atoms with E-state index in [9.17, 15) is 9.18 Å². The summed E-state index contributed by atoms with van der Waals surface area (Å²) in [7, 11) is 1.89. The summed E-state index contributed by atoms with van der Waals surface area (Å²) in [6, 6.07) is 10.2. The quantitative estimate of drug-likeness (QED) is 0.649. The van der Waals surface area contributed by atoms with E-state index in [0.29, 0.717) is 26.1 Å². The Morgan fingerprint density at radius 1 is 1.29 bits per heavy atom. The van der Waals surface area contributed by atoms with Crippen molar-refractivity contribution in [2.75, 3.05) is 25.0 Å². The second-order valence-corrected chi connectivity index (χ2v) is 6.91. The van der Waals surface area contributed by atoms with Gasteiger partial charge < -0.3 is 25.3 Å². The number of fused-ring (bicyclic) bond motifs is 2. The van der Waals surface area contributed by atoms with E-state index in [-0.39, 0.29) is 11.8 Å². The van der Waals surface area contributed by atoms with Gasteiger partial charge in [-0.1, -0.05) is 0 Å². The Morgan fingerprint density at radius 2 is 2.18 bits per heavy atom. The summed E-state index contributed by atoms with van der Waals surface area (Å²) in [5.74, 6) is 0.599. The third kappa shape index (κ3) is 3.94. The minimum absolute atomic E-state index is 0.251. The lowest BCUT2D eigenvalue weighted by atomic mass is 10.1. The highest BCUT2D eigenvalue weighted by Crippen LogP contribution is 2.24. The number of carbonyl (C=O) groups is 1. The number of aromatic nitrogens is 1. The fraction of sp³-hybridized carbons (Fsp3) is 0.286. The van der Waals surface area contributed by atoms with Crippen molar-refractivity contribution >= 4 is 22.6 Å². The SMILES string of the molecule is Cn1cc(CCNC(=O)Nc2ccc3c(c2)CNCCO3)c2ccc(F)cc21. The number of aryl methyl sites for hydroxylation is 1. The second-order valence-electron chi connectivity index (χ2n) is 6.91. The monoisotopic (exact) mass is 382 g/mol. The number of hydrogen-bond acceptors (Lipinski definition) is 3. The van der Waals surface area contributed by atoms with Gasteiger partial charge in [-0.3, -0.25) is 0 Å². The van der Waals surface area contributed by atoms with Crippen LogP contribution in [0.5, 0.6) is 5.75 Å². The summed E-state index contributed by atoms with van der Waals surface area (Å²) in [6.07, 6.45) is 2.64. The molecule has 3 aromatic rings. The molecule has 0 aliphatic carbocycles. The number of ether oxygens (including phenoxy) is 1. The third-order valence-corrected chi connectivity index (χ3v) is 4.89. The summed E-state index contributed by atoms with van der Waals surface area (Å²) < 4.78 is 21.0. The topological polar surface area (TPSA) is 67.3 Å². The molecular weight excluding hydrogens is 359 g/mol. The van der Waals surface area contributed by atoms with Crippen LogP contribution >= 0.6 is 0 Å². The molecule has 1 aromatic heterocycles. The zero-order chi connectivity index (χ0) is 19.5.